The quantitative estimate of drug-likeness (QED) is 0.798. The van der Waals surface area contributed by atoms with Gasteiger partial charge in [0.2, 0.25) is 0 Å². The van der Waals surface area contributed by atoms with Crippen LogP contribution < -0.4 is 4.74 Å². The zero-order valence-electron chi connectivity index (χ0n) is 10.3. The number of ether oxygens (including phenoxy) is 1. The third-order valence-corrected chi connectivity index (χ3v) is 3.87. The van der Waals surface area contributed by atoms with E-state index in [2.05, 4.69) is 11.0 Å². The van der Waals surface area contributed by atoms with E-state index in [1.54, 1.807) is 0 Å². The molecule has 0 radical (unpaired) electrons. The van der Waals surface area contributed by atoms with E-state index >= 15 is 0 Å². The Morgan fingerprint density at radius 3 is 3.06 bits per heavy atom. The number of para-hydroxylation sites is 1. The largest absolute Gasteiger partial charge is 0.493 e. The lowest BCUT2D eigenvalue weighted by molar-refractivity contribution is 0.0450. The van der Waals surface area contributed by atoms with Crippen LogP contribution in [0.5, 0.6) is 5.75 Å². The second-order valence-corrected chi connectivity index (χ2v) is 5.27. The highest BCUT2D eigenvalue weighted by Gasteiger charge is 2.39. The maximum absolute atomic E-state index is 10.8. The van der Waals surface area contributed by atoms with Crippen LogP contribution in [0, 0.1) is 0 Å². The first-order valence-corrected chi connectivity index (χ1v) is 6.35. The lowest BCUT2D eigenvalue weighted by Crippen LogP contribution is -2.30. The summed E-state index contributed by atoms with van der Waals surface area (Å²) in [6.07, 6.45) is 2.94. The van der Waals surface area contributed by atoms with Crippen molar-refractivity contribution in [3.63, 3.8) is 0 Å². The van der Waals surface area contributed by atoms with Crippen molar-refractivity contribution in [2.45, 2.75) is 24.9 Å². The van der Waals surface area contributed by atoms with E-state index in [1.165, 1.54) is 5.56 Å². The molecular weight excluding hydrogens is 214 g/mol. The summed E-state index contributed by atoms with van der Waals surface area (Å²) >= 11 is 0. The van der Waals surface area contributed by atoms with Crippen LogP contribution in [0.25, 0.3) is 0 Å². The molecule has 1 unspecified atom stereocenters. The Labute approximate surface area is 102 Å². The number of aliphatic hydroxyl groups is 1. The smallest absolute Gasteiger partial charge is 0.128 e. The van der Waals surface area contributed by atoms with Gasteiger partial charge >= 0.3 is 0 Å². The first-order chi connectivity index (χ1) is 8.19. The molecule has 0 amide bonds. The van der Waals surface area contributed by atoms with Crippen molar-refractivity contribution >= 4 is 0 Å². The third-order valence-electron chi connectivity index (χ3n) is 3.87. The van der Waals surface area contributed by atoms with Crippen LogP contribution in [-0.4, -0.2) is 36.8 Å². The Bertz CT molecular complexity index is 432. The van der Waals surface area contributed by atoms with Crippen molar-refractivity contribution in [2.24, 2.45) is 0 Å². The summed E-state index contributed by atoms with van der Waals surface area (Å²) < 4.78 is 5.79. The van der Waals surface area contributed by atoms with Gasteiger partial charge in [-0.05, 0) is 31.9 Å². The Hall–Kier alpha value is -1.06. The van der Waals surface area contributed by atoms with Crippen LogP contribution in [0.1, 0.15) is 24.0 Å². The molecule has 0 bridgehead atoms. The van der Waals surface area contributed by atoms with Crippen LogP contribution in [0.2, 0.25) is 0 Å². The Kier molecular flexibility index (Phi) is 2.60. The van der Waals surface area contributed by atoms with Crippen molar-refractivity contribution in [3.05, 3.63) is 29.3 Å². The van der Waals surface area contributed by atoms with Crippen molar-refractivity contribution in [2.75, 3.05) is 26.7 Å². The van der Waals surface area contributed by atoms with Gasteiger partial charge in [-0.15, -0.1) is 0 Å². The number of aryl methyl sites for hydroxylation is 1. The lowest BCUT2D eigenvalue weighted by atomic mass is 9.89. The molecule has 3 nitrogen and oxygen atoms in total. The molecule has 0 spiro atoms. The molecular formula is C14H19NO2. The first-order valence-electron chi connectivity index (χ1n) is 6.35. The van der Waals surface area contributed by atoms with E-state index in [9.17, 15) is 5.11 Å². The van der Waals surface area contributed by atoms with Crippen LogP contribution in [0.4, 0.5) is 0 Å². The third kappa shape index (κ3) is 1.83. The minimum absolute atomic E-state index is 0.701. The van der Waals surface area contributed by atoms with Gasteiger partial charge in [-0.3, -0.25) is 0 Å². The minimum atomic E-state index is -0.725. The maximum atomic E-state index is 10.8. The second-order valence-electron chi connectivity index (χ2n) is 5.27. The lowest BCUT2D eigenvalue weighted by Gasteiger charge is -2.28. The van der Waals surface area contributed by atoms with Gasteiger partial charge in [0, 0.05) is 18.7 Å². The van der Waals surface area contributed by atoms with Gasteiger partial charge in [0.25, 0.3) is 0 Å². The molecule has 2 aliphatic rings. The van der Waals surface area contributed by atoms with Crippen molar-refractivity contribution < 1.29 is 9.84 Å². The molecule has 1 aromatic carbocycles. The molecule has 92 valence electrons. The second kappa shape index (κ2) is 4.00. The molecule has 1 N–H and O–H groups in total. The summed E-state index contributed by atoms with van der Waals surface area (Å²) in [5.74, 6) is 0.941. The van der Waals surface area contributed by atoms with Crippen molar-refractivity contribution in [1.82, 2.24) is 4.90 Å². The summed E-state index contributed by atoms with van der Waals surface area (Å²) in [5, 5.41) is 10.8. The zero-order chi connectivity index (χ0) is 11.9. The summed E-state index contributed by atoms with van der Waals surface area (Å²) in [6.45, 7) is 2.42. The van der Waals surface area contributed by atoms with Gasteiger partial charge in [0.15, 0.2) is 0 Å². The van der Waals surface area contributed by atoms with E-state index in [-0.39, 0.29) is 0 Å². The van der Waals surface area contributed by atoms with Crippen molar-refractivity contribution in [3.8, 4) is 5.75 Å². The number of likely N-dealkylation sites (tertiary alicyclic amines) is 1. The monoisotopic (exact) mass is 233 g/mol. The average Bonchev–Trinajstić information content (AvgIpc) is 2.70. The summed E-state index contributed by atoms with van der Waals surface area (Å²) in [4.78, 5) is 2.17. The zero-order valence-corrected chi connectivity index (χ0v) is 10.3. The Balaban J connectivity index is 2.03. The number of hydrogen-bond donors (Lipinski definition) is 1. The number of fused-ring (bicyclic) bond motifs is 1. The van der Waals surface area contributed by atoms with E-state index < -0.39 is 5.60 Å². The highest BCUT2D eigenvalue weighted by Crippen LogP contribution is 2.40. The van der Waals surface area contributed by atoms with Gasteiger partial charge in [-0.1, -0.05) is 18.2 Å². The van der Waals surface area contributed by atoms with E-state index in [4.69, 9.17) is 4.74 Å². The van der Waals surface area contributed by atoms with E-state index in [0.29, 0.717) is 6.54 Å². The van der Waals surface area contributed by atoms with Gasteiger partial charge in [-0.2, -0.15) is 0 Å². The first kappa shape index (κ1) is 11.1. The maximum Gasteiger partial charge on any atom is 0.128 e. The standard InChI is InChI=1S/C14H19NO2/c1-15-8-7-14(16,10-15)12-6-2-4-11-5-3-9-17-13(11)12/h2,4,6,16H,3,5,7-10H2,1H3. The van der Waals surface area contributed by atoms with Crippen LogP contribution >= 0.6 is 0 Å². The van der Waals surface area contributed by atoms with E-state index in [1.807, 2.05) is 19.2 Å². The highest BCUT2D eigenvalue weighted by molar-refractivity contribution is 5.46. The van der Waals surface area contributed by atoms with Crippen LogP contribution in [0.3, 0.4) is 0 Å². The SMILES string of the molecule is CN1CCC(O)(c2cccc3c2OCCC3)C1. The molecule has 0 aromatic heterocycles. The molecule has 3 heteroatoms. The molecule has 2 heterocycles. The Morgan fingerprint density at radius 2 is 2.29 bits per heavy atom. The van der Waals surface area contributed by atoms with Gasteiger partial charge < -0.3 is 14.7 Å². The predicted octanol–water partition coefficient (Wildman–Crippen LogP) is 1.53. The number of likely N-dealkylation sites (N-methyl/N-ethyl adjacent to an activating group) is 1. The van der Waals surface area contributed by atoms with Gasteiger partial charge in [0.05, 0.1) is 6.61 Å². The number of nitrogens with zero attached hydrogens (tertiary/aromatic N) is 1. The average molecular weight is 233 g/mol. The molecule has 1 fully saturated rings. The van der Waals surface area contributed by atoms with Gasteiger partial charge in [0.1, 0.15) is 11.4 Å². The minimum Gasteiger partial charge on any atom is -0.493 e. The number of rotatable bonds is 1. The molecule has 1 atom stereocenters. The Morgan fingerprint density at radius 1 is 1.41 bits per heavy atom. The van der Waals surface area contributed by atoms with Crippen LogP contribution in [-0.2, 0) is 12.0 Å². The molecule has 1 aromatic rings. The summed E-state index contributed by atoms with van der Waals surface area (Å²) in [7, 11) is 2.05. The fourth-order valence-corrected chi connectivity index (χ4v) is 2.96. The number of benzene rings is 1. The van der Waals surface area contributed by atoms with E-state index in [0.717, 1.165) is 43.7 Å². The fourth-order valence-electron chi connectivity index (χ4n) is 2.96. The molecule has 1 saturated heterocycles. The van der Waals surface area contributed by atoms with Crippen LogP contribution in [0.15, 0.2) is 18.2 Å². The topological polar surface area (TPSA) is 32.7 Å². The summed E-state index contributed by atoms with van der Waals surface area (Å²) in [5.41, 5.74) is 1.51. The summed E-state index contributed by atoms with van der Waals surface area (Å²) in [6, 6.07) is 6.17. The predicted molar refractivity (Wildman–Crippen MR) is 66.3 cm³/mol. The molecule has 0 aliphatic carbocycles. The molecule has 2 aliphatic heterocycles. The molecule has 3 rings (SSSR count). The number of β-amino-alcohol motifs (C(OH)–C–C–N with tert-alkyl or cyclic N) is 1. The van der Waals surface area contributed by atoms with Gasteiger partial charge in [-0.25, -0.2) is 0 Å². The normalized spacial score (nSPS) is 28.8. The molecule has 17 heavy (non-hydrogen) atoms. The number of hydrogen-bond acceptors (Lipinski definition) is 3. The fraction of sp³-hybridized carbons (Fsp3) is 0.571. The van der Waals surface area contributed by atoms with Crippen molar-refractivity contribution in [1.29, 1.82) is 0 Å². The highest BCUT2D eigenvalue weighted by atomic mass is 16.5. The molecule has 0 saturated carbocycles.